The van der Waals surface area contributed by atoms with Crippen molar-refractivity contribution in [3.8, 4) is 11.5 Å². The van der Waals surface area contributed by atoms with E-state index in [2.05, 4.69) is 26.0 Å². The van der Waals surface area contributed by atoms with Gasteiger partial charge < -0.3 is 10.5 Å². The lowest BCUT2D eigenvalue weighted by Gasteiger charge is -2.11. The van der Waals surface area contributed by atoms with Gasteiger partial charge >= 0.3 is 0 Å². The van der Waals surface area contributed by atoms with Crippen LogP contribution in [0.3, 0.4) is 0 Å². The highest BCUT2D eigenvalue weighted by molar-refractivity contribution is 5.35. The van der Waals surface area contributed by atoms with Crippen molar-refractivity contribution in [1.82, 2.24) is 0 Å². The van der Waals surface area contributed by atoms with Crippen molar-refractivity contribution in [3.63, 3.8) is 0 Å². The lowest BCUT2D eigenvalue weighted by molar-refractivity contribution is 0.482. The Hall–Kier alpha value is -1.80. The number of hydrogen-bond donors (Lipinski definition) is 1. The predicted octanol–water partition coefficient (Wildman–Crippen LogP) is 5.23. The van der Waals surface area contributed by atoms with Crippen molar-refractivity contribution >= 4 is 0 Å². The van der Waals surface area contributed by atoms with Gasteiger partial charge in [-0.15, -0.1) is 0 Å². The molecule has 0 saturated carbocycles. The molecule has 0 amide bonds. The Kier molecular flexibility index (Phi) is 5.82. The van der Waals surface area contributed by atoms with Gasteiger partial charge in [-0.1, -0.05) is 44.5 Å². The largest absolute Gasteiger partial charge is 0.457 e. The molecule has 0 aliphatic heterocycles. The van der Waals surface area contributed by atoms with E-state index in [4.69, 9.17) is 10.5 Å². The fourth-order valence-electron chi connectivity index (χ4n) is 2.26. The van der Waals surface area contributed by atoms with Crippen molar-refractivity contribution in [2.45, 2.75) is 45.6 Å². The molecule has 0 heterocycles. The summed E-state index contributed by atoms with van der Waals surface area (Å²) in [5.41, 5.74) is 8.53. The molecule has 0 fully saturated rings. The molecule has 0 bridgehead atoms. The van der Waals surface area contributed by atoms with Crippen molar-refractivity contribution in [2.24, 2.45) is 5.73 Å². The highest BCUT2D eigenvalue weighted by Gasteiger charge is 2.03. The average Bonchev–Trinajstić information content (AvgIpc) is 2.54. The molecular formula is C19H25NO. The molecule has 2 aromatic rings. The molecular weight excluding hydrogens is 258 g/mol. The Labute approximate surface area is 127 Å². The van der Waals surface area contributed by atoms with E-state index in [0.717, 1.165) is 29.9 Å². The summed E-state index contributed by atoms with van der Waals surface area (Å²) in [6.07, 6.45) is 4.55. The summed E-state index contributed by atoms with van der Waals surface area (Å²) in [5.74, 6) is 1.73. The van der Waals surface area contributed by atoms with Crippen LogP contribution in [0.4, 0.5) is 0 Å². The first kappa shape index (κ1) is 15.6. The molecule has 2 nitrogen and oxygen atoms in total. The third-order valence-electron chi connectivity index (χ3n) is 3.73. The SMILES string of the molecule is CCCCc1ccc(Oc2ccc(C(N)CC)cc2)cc1. The number of hydrogen-bond acceptors (Lipinski definition) is 2. The molecule has 21 heavy (non-hydrogen) atoms. The Balaban J connectivity index is 1.97. The van der Waals surface area contributed by atoms with E-state index < -0.39 is 0 Å². The molecule has 1 atom stereocenters. The van der Waals surface area contributed by atoms with Gasteiger partial charge in [-0.25, -0.2) is 0 Å². The Morgan fingerprint density at radius 1 is 0.905 bits per heavy atom. The summed E-state index contributed by atoms with van der Waals surface area (Å²) >= 11 is 0. The van der Waals surface area contributed by atoms with Crippen molar-refractivity contribution < 1.29 is 4.74 Å². The van der Waals surface area contributed by atoms with Crippen LogP contribution in [0.15, 0.2) is 48.5 Å². The fraction of sp³-hybridized carbons (Fsp3) is 0.368. The summed E-state index contributed by atoms with van der Waals surface area (Å²) in [6.45, 7) is 4.31. The molecule has 1 unspecified atom stereocenters. The molecule has 0 aromatic heterocycles. The molecule has 2 aromatic carbocycles. The monoisotopic (exact) mass is 283 g/mol. The van der Waals surface area contributed by atoms with Crippen LogP contribution in [0, 0.1) is 0 Å². The minimum atomic E-state index is 0.108. The summed E-state index contributed by atoms with van der Waals surface area (Å²) < 4.78 is 5.87. The van der Waals surface area contributed by atoms with Crippen LogP contribution in [0.2, 0.25) is 0 Å². The van der Waals surface area contributed by atoms with Gasteiger partial charge in [0.05, 0.1) is 0 Å². The van der Waals surface area contributed by atoms with Gasteiger partial charge in [-0.05, 0) is 54.7 Å². The molecule has 0 spiro atoms. The van der Waals surface area contributed by atoms with E-state index in [1.807, 2.05) is 36.4 Å². The van der Waals surface area contributed by atoms with Gasteiger partial charge in [0.1, 0.15) is 11.5 Å². The quantitative estimate of drug-likeness (QED) is 0.755. The zero-order valence-corrected chi connectivity index (χ0v) is 13.0. The Bertz CT molecular complexity index is 530. The average molecular weight is 283 g/mol. The van der Waals surface area contributed by atoms with Gasteiger partial charge in [0, 0.05) is 6.04 Å². The predicted molar refractivity (Wildman–Crippen MR) is 88.8 cm³/mol. The topological polar surface area (TPSA) is 35.2 Å². The molecule has 0 aliphatic rings. The van der Waals surface area contributed by atoms with Gasteiger partial charge in [0.2, 0.25) is 0 Å². The highest BCUT2D eigenvalue weighted by atomic mass is 16.5. The van der Waals surface area contributed by atoms with Gasteiger partial charge in [-0.2, -0.15) is 0 Å². The maximum absolute atomic E-state index is 6.01. The van der Waals surface area contributed by atoms with Crippen LogP contribution in [0.5, 0.6) is 11.5 Å². The molecule has 2 rings (SSSR count). The lowest BCUT2D eigenvalue weighted by Crippen LogP contribution is -2.07. The second-order valence-corrected chi connectivity index (χ2v) is 5.43. The van der Waals surface area contributed by atoms with Gasteiger partial charge in [0.25, 0.3) is 0 Å². The minimum absolute atomic E-state index is 0.108. The third kappa shape index (κ3) is 4.61. The Morgan fingerprint density at radius 2 is 1.48 bits per heavy atom. The normalized spacial score (nSPS) is 12.1. The second-order valence-electron chi connectivity index (χ2n) is 5.43. The van der Waals surface area contributed by atoms with Gasteiger partial charge in [-0.3, -0.25) is 0 Å². The zero-order chi connectivity index (χ0) is 15.1. The molecule has 112 valence electrons. The summed E-state index contributed by atoms with van der Waals surface area (Å²) in [5, 5.41) is 0. The van der Waals surface area contributed by atoms with Crippen LogP contribution in [0.1, 0.15) is 50.3 Å². The molecule has 2 N–H and O–H groups in total. The van der Waals surface area contributed by atoms with E-state index in [1.165, 1.54) is 18.4 Å². The summed E-state index contributed by atoms with van der Waals surface area (Å²) in [6, 6.07) is 16.5. The smallest absolute Gasteiger partial charge is 0.127 e. The number of rotatable bonds is 7. The maximum Gasteiger partial charge on any atom is 0.127 e. The van der Waals surface area contributed by atoms with Gasteiger partial charge in [0.15, 0.2) is 0 Å². The van der Waals surface area contributed by atoms with Crippen molar-refractivity contribution in [1.29, 1.82) is 0 Å². The minimum Gasteiger partial charge on any atom is -0.457 e. The number of nitrogens with two attached hydrogens (primary N) is 1. The molecule has 0 aliphatic carbocycles. The van der Waals surface area contributed by atoms with Crippen LogP contribution < -0.4 is 10.5 Å². The first-order chi connectivity index (χ1) is 10.2. The van der Waals surface area contributed by atoms with E-state index in [1.54, 1.807) is 0 Å². The third-order valence-corrected chi connectivity index (χ3v) is 3.73. The van der Waals surface area contributed by atoms with Crippen molar-refractivity contribution in [2.75, 3.05) is 0 Å². The Morgan fingerprint density at radius 3 is 2.00 bits per heavy atom. The number of benzene rings is 2. The fourth-order valence-corrected chi connectivity index (χ4v) is 2.26. The number of aryl methyl sites for hydroxylation is 1. The van der Waals surface area contributed by atoms with E-state index in [0.29, 0.717) is 0 Å². The second kappa shape index (κ2) is 7.84. The van der Waals surface area contributed by atoms with Crippen LogP contribution >= 0.6 is 0 Å². The van der Waals surface area contributed by atoms with E-state index in [9.17, 15) is 0 Å². The first-order valence-corrected chi connectivity index (χ1v) is 7.85. The molecule has 0 saturated heterocycles. The lowest BCUT2D eigenvalue weighted by atomic mass is 10.1. The molecule has 0 radical (unpaired) electrons. The zero-order valence-electron chi connectivity index (χ0n) is 13.0. The number of unbranched alkanes of at least 4 members (excludes halogenated alkanes) is 1. The first-order valence-electron chi connectivity index (χ1n) is 7.85. The summed E-state index contributed by atoms with van der Waals surface area (Å²) in [4.78, 5) is 0. The van der Waals surface area contributed by atoms with E-state index >= 15 is 0 Å². The standard InChI is InChI=1S/C19H25NO/c1-3-5-6-15-7-11-17(12-8-15)21-18-13-9-16(10-14-18)19(20)4-2/h7-14,19H,3-6,20H2,1-2H3. The highest BCUT2D eigenvalue weighted by Crippen LogP contribution is 2.24. The summed E-state index contributed by atoms with van der Waals surface area (Å²) in [7, 11) is 0. The van der Waals surface area contributed by atoms with Crippen molar-refractivity contribution in [3.05, 3.63) is 59.7 Å². The molecule has 2 heteroatoms. The van der Waals surface area contributed by atoms with Crippen LogP contribution in [-0.4, -0.2) is 0 Å². The number of ether oxygens (including phenoxy) is 1. The van der Waals surface area contributed by atoms with E-state index in [-0.39, 0.29) is 6.04 Å². The van der Waals surface area contributed by atoms with Crippen LogP contribution in [-0.2, 0) is 6.42 Å². The maximum atomic E-state index is 6.01. The van der Waals surface area contributed by atoms with Crippen LogP contribution in [0.25, 0.3) is 0 Å².